The van der Waals surface area contributed by atoms with Crippen molar-refractivity contribution < 1.29 is 28.7 Å². The number of benzene rings is 2. The lowest BCUT2D eigenvalue weighted by Gasteiger charge is -2.42. The Bertz CT molecular complexity index is 819. The summed E-state index contributed by atoms with van der Waals surface area (Å²) in [5.41, 5.74) is 3.65. The van der Waals surface area contributed by atoms with Crippen molar-refractivity contribution in [2.45, 2.75) is 11.6 Å². The van der Waals surface area contributed by atoms with E-state index < -0.39 is 11.6 Å². The fraction of sp³-hybridized carbons (Fsp3) is 0.500. The van der Waals surface area contributed by atoms with E-state index in [-0.39, 0.29) is 0 Å². The zero-order valence-corrected chi connectivity index (χ0v) is 18.5. The summed E-state index contributed by atoms with van der Waals surface area (Å²) in [7, 11) is 8.42. The average molecular weight is 414 g/mol. The van der Waals surface area contributed by atoms with Gasteiger partial charge < -0.3 is 28.7 Å². The number of ether oxygens (including phenoxy) is 2. The summed E-state index contributed by atoms with van der Waals surface area (Å²) < 4.78 is 12.9. The number of hydrogen-bond acceptors (Lipinski definition) is 4. The lowest BCUT2D eigenvalue weighted by atomic mass is 9.96. The lowest BCUT2D eigenvalue weighted by Crippen LogP contribution is -2.57. The average Bonchev–Trinajstić information content (AvgIpc) is 2.66. The van der Waals surface area contributed by atoms with E-state index in [1.54, 1.807) is 0 Å². The van der Waals surface area contributed by atoms with Gasteiger partial charge >= 0.3 is 0 Å². The topological polar surface area (TPSA) is 58.9 Å². The smallest absolute Gasteiger partial charge is 0.243 e. The van der Waals surface area contributed by atoms with Gasteiger partial charge in [-0.1, -0.05) is 48.5 Å². The Kier molecular flexibility index (Phi) is 5.29. The van der Waals surface area contributed by atoms with E-state index >= 15 is 0 Å². The van der Waals surface area contributed by atoms with Crippen LogP contribution in [0.5, 0.6) is 0 Å². The van der Waals surface area contributed by atoms with Gasteiger partial charge in [0.25, 0.3) is 0 Å². The first-order chi connectivity index (χ1) is 14.0. The molecule has 3 unspecified atom stereocenters. The van der Waals surface area contributed by atoms with E-state index in [9.17, 15) is 10.2 Å². The number of nitrogens with zero attached hydrogens (tertiary/aromatic N) is 2. The molecule has 0 aliphatic carbocycles. The molecule has 2 saturated heterocycles. The van der Waals surface area contributed by atoms with Crippen LogP contribution in [-0.4, -0.2) is 86.8 Å². The predicted octanol–water partition coefficient (Wildman–Crippen LogP) is 1.86. The maximum absolute atomic E-state index is 11.0. The van der Waals surface area contributed by atoms with E-state index in [1.807, 2.05) is 48.5 Å². The van der Waals surface area contributed by atoms with E-state index in [4.69, 9.17) is 9.47 Å². The highest BCUT2D eigenvalue weighted by molar-refractivity contribution is 5.64. The van der Waals surface area contributed by atoms with Crippen LogP contribution in [0.4, 0.5) is 0 Å². The first kappa shape index (κ1) is 21.4. The van der Waals surface area contributed by atoms with Gasteiger partial charge in [-0.2, -0.15) is 0 Å². The molecule has 4 rings (SSSR count). The fourth-order valence-electron chi connectivity index (χ4n) is 4.53. The molecule has 0 spiro atoms. The molecule has 0 radical (unpaired) electrons. The van der Waals surface area contributed by atoms with Gasteiger partial charge in [0.2, 0.25) is 11.6 Å². The summed E-state index contributed by atoms with van der Waals surface area (Å²) in [5, 5.41) is 22.0. The molecule has 0 amide bonds. The zero-order chi connectivity index (χ0) is 21.6. The van der Waals surface area contributed by atoms with Gasteiger partial charge in [-0.05, 0) is 11.1 Å². The van der Waals surface area contributed by atoms with Crippen LogP contribution in [0.15, 0.2) is 48.5 Å². The van der Waals surface area contributed by atoms with Gasteiger partial charge in [-0.25, -0.2) is 0 Å². The molecular weight excluding hydrogens is 379 g/mol. The van der Waals surface area contributed by atoms with Crippen LogP contribution in [0, 0.1) is 0 Å². The third-order valence-corrected chi connectivity index (χ3v) is 6.36. The summed E-state index contributed by atoms with van der Waals surface area (Å²) in [6, 6.07) is 15.8. The maximum Gasteiger partial charge on any atom is 0.243 e. The monoisotopic (exact) mass is 413 g/mol. The van der Waals surface area contributed by atoms with Crippen molar-refractivity contribution in [2.24, 2.45) is 0 Å². The summed E-state index contributed by atoms with van der Waals surface area (Å²) in [5.74, 6) is -2.51. The highest BCUT2D eigenvalue weighted by Crippen LogP contribution is 2.33. The van der Waals surface area contributed by atoms with E-state index in [0.717, 1.165) is 44.3 Å². The van der Waals surface area contributed by atoms with Crippen molar-refractivity contribution in [3.8, 4) is 11.1 Å². The summed E-state index contributed by atoms with van der Waals surface area (Å²) in [4.78, 5) is 0. The van der Waals surface area contributed by atoms with E-state index in [0.29, 0.717) is 26.3 Å². The molecule has 3 atom stereocenters. The molecule has 30 heavy (non-hydrogen) atoms. The Labute approximate surface area is 179 Å². The highest BCUT2D eigenvalue weighted by Gasteiger charge is 2.43. The van der Waals surface area contributed by atoms with Crippen LogP contribution in [0.3, 0.4) is 0 Å². The molecule has 6 heteroatoms. The van der Waals surface area contributed by atoms with Crippen molar-refractivity contribution in [2.75, 3.05) is 67.6 Å². The first-order valence-electron chi connectivity index (χ1n) is 10.6. The Balaban J connectivity index is 1.53. The molecule has 2 fully saturated rings. The van der Waals surface area contributed by atoms with Crippen molar-refractivity contribution in [1.29, 1.82) is 0 Å². The van der Waals surface area contributed by atoms with Crippen LogP contribution in [-0.2, 0) is 21.0 Å². The second-order valence-electron chi connectivity index (χ2n) is 10.1. The van der Waals surface area contributed by atoms with Gasteiger partial charge in [0, 0.05) is 11.1 Å². The van der Waals surface area contributed by atoms with Crippen LogP contribution in [0.2, 0.25) is 0 Å². The van der Waals surface area contributed by atoms with Gasteiger partial charge in [-0.15, -0.1) is 0 Å². The van der Waals surface area contributed by atoms with Crippen molar-refractivity contribution in [3.63, 3.8) is 0 Å². The molecule has 2 N–H and O–H groups in total. The van der Waals surface area contributed by atoms with Crippen molar-refractivity contribution >= 4 is 0 Å². The Morgan fingerprint density at radius 3 is 1.27 bits per heavy atom. The standard InChI is InChI=1S/C24H34N2O4/c1-25(2)13-15-29-23(27,17-25)21-9-5-19(6-10-21)20-7-11-22(12-8-20)24(28)18-26(3,4)14-16-30-24/h5-12,27-28H,13-18H2,1-4H3/q+2/i1-1. The van der Waals surface area contributed by atoms with Crippen LogP contribution < -0.4 is 0 Å². The molecule has 0 bridgehead atoms. The van der Waals surface area contributed by atoms with Crippen LogP contribution in [0.25, 0.3) is 11.1 Å². The second-order valence-corrected chi connectivity index (χ2v) is 10.1. The van der Waals surface area contributed by atoms with Crippen molar-refractivity contribution in [3.05, 3.63) is 59.7 Å². The molecule has 0 aromatic heterocycles. The summed E-state index contributed by atoms with van der Waals surface area (Å²) >= 11 is 0. The van der Waals surface area contributed by atoms with Crippen LogP contribution in [0.1, 0.15) is 11.1 Å². The van der Waals surface area contributed by atoms with Gasteiger partial charge in [0.1, 0.15) is 26.2 Å². The number of rotatable bonds is 3. The Morgan fingerprint density at radius 2 is 0.967 bits per heavy atom. The first-order valence-corrected chi connectivity index (χ1v) is 10.6. The zero-order valence-electron chi connectivity index (χ0n) is 18.5. The van der Waals surface area contributed by atoms with E-state index in [2.05, 4.69) is 28.2 Å². The third kappa shape index (κ3) is 4.30. The summed E-state index contributed by atoms with van der Waals surface area (Å²) in [6.45, 7) is 3.89. The molecule has 2 aliphatic heterocycles. The highest BCUT2D eigenvalue weighted by atomic mass is 16.6. The van der Waals surface area contributed by atoms with Crippen LogP contribution >= 0.6 is 0 Å². The molecule has 2 aromatic rings. The molecular formula is C24H34N2O4+2. The molecule has 162 valence electrons. The third-order valence-electron chi connectivity index (χ3n) is 6.36. The molecule has 2 heterocycles. The molecule has 6 nitrogen and oxygen atoms in total. The van der Waals surface area contributed by atoms with Gasteiger partial charge in [0.05, 0.1) is 41.4 Å². The maximum atomic E-state index is 11.0. The summed E-state index contributed by atoms with van der Waals surface area (Å²) in [6.07, 6.45) is 0. The SMILES string of the molecule is C[N+]1(C)CCOC(O)(c2ccc(-c3ccc(C4(O)C[N+](C)([11CH3])CCO4)cc3)cc2)C1. The quantitative estimate of drug-likeness (QED) is 0.755. The molecule has 2 aliphatic rings. The normalized spacial score (nSPS) is 33.9. The Morgan fingerprint density at radius 1 is 0.633 bits per heavy atom. The minimum Gasteiger partial charge on any atom is -0.357 e. The Hall–Kier alpha value is -1.80. The predicted molar refractivity (Wildman–Crippen MR) is 115 cm³/mol. The van der Waals surface area contributed by atoms with E-state index in [1.165, 1.54) is 0 Å². The number of morpholine rings is 2. The second kappa shape index (κ2) is 7.41. The molecule has 2 aromatic carbocycles. The van der Waals surface area contributed by atoms with Gasteiger partial charge in [-0.3, -0.25) is 0 Å². The number of aliphatic hydroxyl groups is 2. The number of hydrogen-bond donors (Lipinski definition) is 2. The molecule has 0 saturated carbocycles. The fourth-order valence-corrected chi connectivity index (χ4v) is 4.53. The van der Waals surface area contributed by atoms with Gasteiger partial charge in [0.15, 0.2) is 0 Å². The lowest BCUT2D eigenvalue weighted by molar-refractivity contribution is -0.912. The number of quaternary nitrogens is 2. The minimum atomic E-state index is -1.25. The number of likely N-dealkylation sites (N-methyl/N-ethyl adjacent to an activating group) is 2. The minimum absolute atomic E-state index is 0.522. The van der Waals surface area contributed by atoms with Crippen molar-refractivity contribution in [1.82, 2.24) is 0 Å². The largest absolute Gasteiger partial charge is 0.357 e.